The second kappa shape index (κ2) is 8.24. The molecule has 2 heterocycles. The van der Waals surface area contributed by atoms with Gasteiger partial charge in [-0.2, -0.15) is 4.68 Å². The molecule has 0 radical (unpaired) electrons. The fourth-order valence-electron chi connectivity index (χ4n) is 3.39. The first-order valence-corrected chi connectivity index (χ1v) is 9.20. The highest BCUT2D eigenvalue weighted by Gasteiger charge is 2.20. The van der Waals surface area contributed by atoms with Crippen LogP contribution in [0.25, 0.3) is 5.69 Å². The van der Waals surface area contributed by atoms with Crippen molar-refractivity contribution in [1.82, 2.24) is 30.0 Å². The first kappa shape index (κ1) is 18.2. The average molecular weight is 379 g/mol. The van der Waals surface area contributed by atoms with Crippen LogP contribution in [0.1, 0.15) is 11.4 Å². The quantitative estimate of drug-likeness (QED) is 0.477. The second-order valence-corrected chi connectivity index (χ2v) is 6.82. The molecule has 1 aromatic heterocycles. The molecule has 4 rings (SSSR count). The topological polar surface area (TPSA) is 93.2 Å². The van der Waals surface area contributed by atoms with E-state index in [4.69, 9.17) is 0 Å². The Kier molecular flexibility index (Phi) is 5.36. The van der Waals surface area contributed by atoms with Gasteiger partial charge in [-0.15, -0.1) is 5.10 Å². The summed E-state index contributed by atoms with van der Waals surface area (Å²) in [4.78, 5) is 15.3. The van der Waals surface area contributed by atoms with Gasteiger partial charge >= 0.3 is 0 Å². The zero-order chi connectivity index (χ0) is 19.3. The summed E-state index contributed by atoms with van der Waals surface area (Å²) in [6.45, 7) is 5.37. The highest BCUT2D eigenvalue weighted by atomic mass is 16.6. The Morgan fingerprint density at radius 1 is 0.929 bits per heavy atom. The molecule has 0 amide bonds. The number of tetrazole rings is 1. The van der Waals surface area contributed by atoms with Gasteiger partial charge in [-0.25, -0.2) is 0 Å². The van der Waals surface area contributed by atoms with Crippen LogP contribution in [0.5, 0.6) is 0 Å². The van der Waals surface area contributed by atoms with Gasteiger partial charge in [0.15, 0.2) is 5.82 Å². The van der Waals surface area contributed by atoms with Gasteiger partial charge in [0.1, 0.15) is 0 Å². The van der Waals surface area contributed by atoms with Crippen molar-refractivity contribution in [2.45, 2.75) is 13.1 Å². The van der Waals surface area contributed by atoms with E-state index in [1.54, 1.807) is 16.8 Å². The third-order valence-corrected chi connectivity index (χ3v) is 4.90. The van der Waals surface area contributed by atoms with Crippen molar-refractivity contribution in [3.63, 3.8) is 0 Å². The van der Waals surface area contributed by atoms with Crippen LogP contribution in [-0.4, -0.2) is 61.1 Å². The number of aromatic nitrogens is 4. The molecular formula is C19H21N7O2. The fourth-order valence-corrected chi connectivity index (χ4v) is 3.39. The molecule has 0 atom stereocenters. The van der Waals surface area contributed by atoms with E-state index in [-0.39, 0.29) is 5.69 Å². The lowest BCUT2D eigenvalue weighted by Crippen LogP contribution is -2.45. The number of piperazine rings is 1. The number of nitro groups is 1. The van der Waals surface area contributed by atoms with Crippen molar-refractivity contribution in [2.75, 3.05) is 26.2 Å². The maximum atomic E-state index is 11.0. The van der Waals surface area contributed by atoms with Crippen LogP contribution in [-0.2, 0) is 13.1 Å². The molecule has 1 saturated heterocycles. The molecule has 0 aliphatic carbocycles. The zero-order valence-corrected chi connectivity index (χ0v) is 15.4. The Balaban J connectivity index is 1.38. The molecule has 28 heavy (non-hydrogen) atoms. The summed E-state index contributed by atoms with van der Waals surface area (Å²) in [7, 11) is 0. The Bertz CT molecular complexity index is 936. The Morgan fingerprint density at radius 3 is 2.36 bits per heavy atom. The number of benzene rings is 2. The summed E-state index contributed by atoms with van der Waals surface area (Å²) in [5.41, 5.74) is 1.94. The summed E-state index contributed by atoms with van der Waals surface area (Å²) in [6, 6.07) is 16.8. The lowest BCUT2D eigenvalue weighted by Gasteiger charge is -2.34. The van der Waals surface area contributed by atoms with Gasteiger partial charge in [-0.3, -0.25) is 19.9 Å². The van der Waals surface area contributed by atoms with Crippen molar-refractivity contribution in [3.8, 4) is 5.69 Å². The molecule has 144 valence electrons. The third kappa shape index (κ3) is 4.21. The minimum atomic E-state index is -0.417. The average Bonchev–Trinajstić information content (AvgIpc) is 3.18. The van der Waals surface area contributed by atoms with Crippen molar-refractivity contribution >= 4 is 5.69 Å². The van der Waals surface area contributed by atoms with Gasteiger partial charge in [-0.1, -0.05) is 36.4 Å². The van der Waals surface area contributed by atoms with E-state index in [2.05, 4.69) is 49.6 Å². The summed E-state index contributed by atoms with van der Waals surface area (Å²) in [6.07, 6.45) is 0. The van der Waals surface area contributed by atoms with Crippen LogP contribution in [0.4, 0.5) is 5.69 Å². The van der Waals surface area contributed by atoms with Gasteiger partial charge in [0, 0.05) is 44.9 Å². The molecule has 1 aliphatic heterocycles. The number of hydrogen-bond acceptors (Lipinski definition) is 7. The molecule has 1 aliphatic rings. The first-order chi connectivity index (χ1) is 13.7. The number of non-ortho nitro benzene ring substituents is 1. The molecule has 1 fully saturated rings. The highest BCUT2D eigenvalue weighted by molar-refractivity contribution is 5.42. The van der Waals surface area contributed by atoms with E-state index in [0.717, 1.165) is 32.7 Å². The monoisotopic (exact) mass is 379 g/mol. The normalized spacial score (nSPS) is 15.6. The number of hydrogen-bond donors (Lipinski definition) is 0. The minimum absolute atomic E-state index is 0.0217. The van der Waals surface area contributed by atoms with Gasteiger partial charge in [0.25, 0.3) is 5.69 Å². The Morgan fingerprint density at radius 2 is 1.64 bits per heavy atom. The number of rotatable bonds is 6. The second-order valence-electron chi connectivity index (χ2n) is 6.82. The van der Waals surface area contributed by atoms with Crippen molar-refractivity contribution in [1.29, 1.82) is 0 Å². The smallest absolute Gasteiger partial charge is 0.271 e. The molecule has 2 aromatic carbocycles. The molecule has 0 spiro atoms. The van der Waals surface area contributed by atoms with Crippen LogP contribution < -0.4 is 0 Å². The highest BCUT2D eigenvalue weighted by Crippen LogP contribution is 2.18. The zero-order valence-electron chi connectivity index (χ0n) is 15.4. The molecule has 0 N–H and O–H groups in total. The predicted octanol–water partition coefficient (Wildman–Crippen LogP) is 1.89. The van der Waals surface area contributed by atoms with Crippen LogP contribution >= 0.6 is 0 Å². The summed E-state index contributed by atoms with van der Waals surface area (Å²) >= 11 is 0. The maximum Gasteiger partial charge on any atom is 0.271 e. The van der Waals surface area contributed by atoms with Gasteiger partial charge in [0.05, 0.1) is 17.2 Å². The van der Waals surface area contributed by atoms with E-state index in [1.165, 1.54) is 17.7 Å². The Labute approximate surface area is 162 Å². The third-order valence-electron chi connectivity index (χ3n) is 4.90. The summed E-state index contributed by atoms with van der Waals surface area (Å²) < 4.78 is 1.57. The fraction of sp³-hybridized carbons (Fsp3) is 0.316. The molecule has 3 aromatic rings. The molecule has 0 unspecified atom stereocenters. The molecular weight excluding hydrogens is 358 g/mol. The Hall–Kier alpha value is -3.17. The first-order valence-electron chi connectivity index (χ1n) is 9.20. The van der Waals surface area contributed by atoms with Crippen molar-refractivity contribution in [3.05, 3.63) is 76.1 Å². The molecule has 0 saturated carbocycles. The van der Waals surface area contributed by atoms with Crippen molar-refractivity contribution in [2.24, 2.45) is 0 Å². The molecule has 0 bridgehead atoms. The van der Waals surface area contributed by atoms with Crippen molar-refractivity contribution < 1.29 is 4.92 Å². The SMILES string of the molecule is O=[N+]([O-])c1cccc(-n2nnnc2CN2CCN(Cc3ccccc3)CC2)c1. The molecule has 9 nitrogen and oxygen atoms in total. The molecule has 9 heteroatoms. The van der Waals surface area contributed by atoms with E-state index in [0.29, 0.717) is 18.1 Å². The standard InChI is InChI=1S/C19H21N7O2/c27-26(28)18-8-4-7-17(13-18)25-19(20-21-22-25)15-24-11-9-23(10-12-24)14-16-5-2-1-3-6-16/h1-8,13H,9-12,14-15H2. The van der Waals surface area contributed by atoms with E-state index < -0.39 is 4.92 Å². The summed E-state index contributed by atoms with van der Waals surface area (Å²) in [5, 5.41) is 22.9. The predicted molar refractivity (Wildman–Crippen MR) is 103 cm³/mol. The van der Waals surface area contributed by atoms with E-state index >= 15 is 0 Å². The lowest BCUT2D eigenvalue weighted by atomic mass is 10.2. The largest absolute Gasteiger partial charge is 0.297 e. The van der Waals surface area contributed by atoms with Crippen LogP contribution in [0.2, 0.25) is 0 Å². The van der Waals surface area contributed by atoms with Crippen LogP contribution in [0.15, 0.2) is 54.6 Å². The van der Waals surface area contributed by atoms with Crippen LogP contribution in [0.3, 0.4) is 0 Å². The lowest BCUT2D eigenvalue weighted by molar-refractivity contribution is -0.384. The minimum Gasteiger partial charge on any atom is -0.297 e. The van der Waals surface area contributed by atoms with Gasteiger partial charge in [0.2, 0.25) is 0 Å². The van der Waals surface area contributed by atoms with Crippen LogP contribution in [0, 0.1) is 10.1 Å². The van der Waals surface area contributed by atoms with Gasteiger partial charge < -0.3 is 0 Å². The van der Waals surface area contributed by atoms with E-state index in [9.17, 15) is 10.1 Å². The van der Waals surface area contributed by atoms with E-state index in [1.807, 2.05) is 6.07 Å². The number of nitro benzene ring substituents is 1. The maximum absolute atomic E-state index is 11.0. The number of nitrogens with zero attached hydrogens (tertiary/aromatic N) is 7. The van der Waals surface area contributed by atoms with Gasteiger partial charge in [-0.05, 0) is 22.1 Å². The summed E-state index contributed by atoms with van der Waals surface area (Å²) in [5.74, 6) is 0.678.